The number of fused-ring (bicyclic) bond motifs is 3. The maximum atomic E-state index is 4.55. The van der Waals surface area contributed by atoms with Crippen molar-refractivity contribution in [3.05, 3.63) is 145 Å². The molecule has 0 saturated carbocycles. The highest BCUT2D eigenvalue weighted by Gasteiger charge is 2.40. The lowest BCUT2D eigenvalue weighted by Crippen LogP contribution is -2.45. The summed E-state index contributed by atoms with van der Waals surface area (Å²) >= 11 is 0. The Morgan fingerprint density at radius 2 is 1.47 bits per heavy atom. The Morgan fingerprint density at radius 3 is 2.10 bits per heavy atom. The molecular weight excluding hydrogens is 597 g/mol. The molecule has 2 atom stereocenters. The molecule has 5 aromatic rings. The third-order valence-corrected chi connectivity index (χ3v) is 10.6. The summed E-state index contributed by atoms with van der Waals surface area (Å²) in [5.41, 5.74) is 11.7. The third-order valence-electron chi connectivity index (χ3n) is 10.6. The number of para-hydroxylation sites is 1. The van der Waals surface area contributed by atoms with Crippen molar-refractivity contribution >= 4 is 5.70 Å². The number of imidazole rings is 2. The number of hydrogen-bond acceptors (Lipinski definition) is 0. The number of aryl methyl sites for hydroxylation is 2. The molecule has 1 aliphatic heterocycles. The number of hydrogen-bond donors (Lipinski definition) is 0. The Bertz CT molecular complexity index is 2000. The van der Waals surface area contributed by atoms with Crippen molar-refractivity contribution in [2.24, 2.45) is 13.0 Å². The molecule has 0 fully saturated rings. The van der Waals surface area contributed by atoms with E-state index < -0.39 is 0 Å². The third kappa shape index (κ3) is 6.07. The highest BCUT2D eigenvalue weighted by molar-refractivity contribution is 5.70. The average molecular weight is 651 g/mol. The molecule has 0 amide bonds. The van der Waals surface area contributed by atoms with E-state index in [1.165, 1.54) is 50.5 Å². The number of benzene rings is 3. The van der Waals surface area contributed by atoms with Gasteiger partial charge in [-0.1, -0.05) is 115 Å². The molecule has 0 bridgehead atoms. The van der Waals surface area contributed by atoms with Crippen LogP contribution < -0.4 is 9.13 Å². The Balaban J connectivity index is 1.41. The summed E-state index contributed by atoms with van der Waals surface area (Å²) in [6, 6.07) is 24.9. The fraction of sp³-hybridized carbons (Fsp3) is 0.333. The van der Waals surface area contributed by atoms with Crippen molar-refractivity contribution in [1.29, 1.82) is 0 Å². The maximum absolute atomic E-state index is 4.55. The van der Waals surface area contributed by atoms with Gasteiger partial charge in [0, 0.05) is 17.0 Å². The minimum Gasteiger partial charge on any atom is -0.232 e. The monoisotopic (exact) mass is 650 g/mol. The van der Waals surface area contributed by atoms with Crippen LogP contribution in [0.1, 0.15) is 101 Å². The van der Waals surface area contributed by atoms with Crippen LogP contribution in [0.4, 0.5) is 0 Å². The van der Waals surface area contributed by atoms with Gasteiger partial charge in [-0.15, -0.1) is 0 Å². The Labute approximate surface area is 294 Å². The van der Waals surface area contributed by atoms with Crippen molar-refractivity contribution in [1.82, 2.24) is 9.13 Å². The molecule has 4 nitrogen and oxygen atoms in total. The predicted octanol–water partition coefficient (Wildman–Crippen LogP) is 10.5. The topological polar surface area (TPSA) is 17.6 Å². The van der Waals surface area contributed by atoms with Gasteiger partial charge in [0.25, 0.3) is 11.6 Å². The summed E-state index contributed by atoms with van der Waals surface area (Å²) in [7, 11) is 2.14. The molecule has 49 heavy (non-hydrogen) atoms. The summed E-state index contributed by atoms with van der Waals surface area (Å²) in [4.78, 5) is 0. The lowest BCUT2D eigenvalue weighted by molar-refractivity contribution is -0.706. The molecule has 0 spiro atoms. The summed E-state index contributed by atoms with van der Waals surface area (Å²) < 4.78 is 9.43. The zero-order chi connectivity index (χ0) is 35.0. The molecule has 252 valence electrons. The second-order valence-corrected chi connectivity index (χ2v) is 14.6. The second kappa shape index (κ2) is 14.0. The van der Waals surface area contributed by atoms with Crippen LogP contribution in [0.25, 0.3) is 34.2 Å². The van der Waals surface area contributed by atoms with Crippen molar-refractivity contribution in [3.8, 4) is 28.5 Å². The van der Waals surface area contributed by atoms with E-state index in [4.69, 9.17) is 0 Å². The predicted molar refractivity (Wildman–Crippen MR) is 205 cm³/mol. The first-order valence-electron chi connectivity index (χ1n) is 18.1. The second-order valence-electron chi connectivity index (χ2n) is 14.6. The van der Waals surface area contributed by atoms with Gasteiger partial charge >= 0.3 is 0 Å². The van der Waals surface area contributed by atoms with E-state index in [0.29, 0.717) is 17.8 Å². The number of nitrogens with zero attached hydrogens (tertiary/aromatic N) is 4. The highest BCUT2D eigenvalue weighted by Crippen LogP contribution is 2.44. The first-order valence-corrected chi connectivity index (χ1v) is 18.1. The van der Waals surface area contributed by atoms with Crippen molar-refractivity contribution < 1.29 is 9.13 Å². The van der Waals surface area contributed by atoms with Gasteiger partial charge in [0.1, 0.15) is 42.2 Å². The fourth-order valence-electron chi connectivity index (χ4n) is 8.14. The summed E-state index contributed by atoms with van der Waals surface area (Å²) in [6.07, 6.45) is 15.2. The van der Waals surface area contributed by atoms with Gasteiger partial charge in [0.2, 0.25) is 0 Å². The van der Waals surface area contributed by atoms with Crippen LogP contribution in [0, 0.1) is 5.92 Å². The maximum Gasteiger partial charge on any atom is 0.294 e. The minimum absolute atomic E-state index is 0.134. The first kappa shape index (κ1) is 34.2. The van der Waals surface area contributed by atoms with Gasteiger partial charge in [-0.3, -0.25) is 0 Å². The van der Waals surface area contributed by atoms with E-state index in [2.05, 4.69) is 191 Å². The van der Waals surface area contributed by atoms with E-state index in [1.807, 2.05) is 0 Å². The molecule has 1 aliphatic rings. The van der Waals surface area contributed by atoms with E-state index in [-0.39, 0.29) is 12.0 Å². The minimum atomic E-state index is 0.134. The standard InChI is InChI=1S/C45H54N4/c1-11-35(30(3)4)33(9)47-27-26-46(10)44(47)38-19-14-13-18-34(38)24-25-40-39-20-15-16-21-41(39)45-48(42(40)12-2)28-29-49(45)43-36(31(5)6)22-17-23-37(43)32(7)8/h11-23,26-32,40,42H,2,9,24-25H2,1,3-8,10H3/q+2/b35-11-. The first-order chi connectivity index (χ1) is 23.6. The van der Waals surface area contributed by atoms with Crippen LogP contribution in [-0.2, 0) is 13.5 Å². The highest BCUT2D eigenvalue weighted by atomic mass is 15.2. The summed E-state index contributed by atoms with van der Waals surface area (Å²) in [5.74, 6) is 3.89. The van der Waals surface area contributed by atoms with Crippen LogP contribution in [0.3, 0.4) is 0 Å². The molecule has 0 N–H and O–H groups in total. The normalized spacial score (nSPS) is 15.9. The zero-order valence-corrected chi connectivity index (χ0v) is 30.8. The molecule has 0 saturated heterocycles. The molecule has 3 heterocycles. The van der Waals surface area contributed by atoms with Gasteiger partial charge in [0.15, 0.2) is 0 Å². The van der Waals surface area contributed by atoms with Crippen LogP contribution >= 0.6 is 0 Å². The summed E-state index contributed by atoms with van der Waals surface area (Å²) in [6.45, 7) is 24.8. The molecule has 0 radical (unpaired) electrons. The molecular formula is C45H54N4+2. The van der Waals surface area contributed by atoms with E-state index in [0.717, 1.165) is 24.4 Å². The number of rotatable bonds is 11. The molecule has 6 rings (SSSR count). The van der Waals surface area contributed by atoms with Gasteiger partial charge in [-0.2, -0.15) is 9.13 Å². The molecule has 3 aromatic carbocycles. The fourth-order valence-corrected chi connectivity index (χ4v) is 8.14. The Kier molecular flexibility index (Phi) is 9.79. The Hall–Kier alpha value is -4.70. The Morgan fingerprint density at radius 1 is 0.816 bits per heavy atom. The van der Waals surface area contributed by atoms with Crippen molar-refractivity contribution in [2.75, 3.05) is 0 Å². The van der Waals surface area contributed by atoms with Crippen molar-refractivity contribution in [3.63, 3.8) is 0 Å². The van der Waals surface area contributed by atoms with Gasteiger partial charge in [0.05, 0.1) is 18.2 Å². The molecule has 2 aromatic heterocycles. The molecule has 4 heteroatoms. The molecule has 2 unspecified atom stereocenters. The zero-order valence-electron chi connectivity index (χ0n) is 30.8. The van der Waals surface area contributed by atoms with Gasteiger partial charge < -0.3 is 0 Å². The average Bonchev–Trinajstić information content (AvgIpc) is 3.70. The van der Waals surface area contributed by atoms with Crippen LogP contribution in [0.2, 0.25) is 0 Å². The van der Waals surface area contributed by atoms with E-state index in [1.54, 1.807) is 0 Å². The smallest absolute Gasteiger partial charge is 0.232 e. The van der Waals surface area contributed by atoms with E-state index >= 15 is 0 Å². The lowest BCUT2D eigenvalue weighted by atomic mass is 9.80. The summed E-state index contributed by atoms with van der Waals surface area (Å²) in [5, 5.41) is 0. The van der Waals surface area contributed by atoms with Crippen LogP contribution in [0.15, 0.2) is 122 Å². The number of allylic oxidation sites excluding steroid dienone is 4. The largest absolute Gasteiger partial charge is 0.294 e. The van der Waals surface area contributed by atoms with Crippen molar-refractivity contribution in [2.45, 2.75) is 85.1 Å². The number of aromatic nitrogens is 4. The van der Waals surface area contributed by atoms with Gasteiger partial charge in [-0.25, -0.2) is 9.13 Å². The SMILES string of the molecule is C=CC1C(CCc2ccccc2-c2n(C(=C)/C(=C\C)C(C)C)cc[n+]2C)c2ccccc2-c2n(-c3c(C(C)C)cccc3C(C)C)cc[n+]21. The quantitative estimate of drug-likeness (QED) is 0.0769. The van der Waals surface area contributed by atoms with Gasteiger partial charge in [-0.05, 0) is 72.4 Å². The van der Waals surface area contributed by atoms with E-state index in [9.17, 15) is 0 Å². The lowest BCUT2D eigenvalue weighted by Gasteiger charge is -2.30. The van der Waals surface area contributed by atoms with Crippen LogP contribution in [0.5, 0.6) is 0 Å². The molecule has 0 aliphatic carbocycles. The van der Waals surface area contributed by atoms with Crippen LogP contribution in [-0.4, -0.2) is 9.13 Å².